The van der Waals surface area contributed by atoms with Gasteiger partial charge < -0.3 is 10.2 Å². The molecule has 1 N–H and O–H groups in total. The van der Waals surface area contributed by atoms with Gasteiger partial charge in [0.25, 0.3) is 0 Å². The third kappa shape index (κ3) is 2.37. The molecule has 0 spiro atoms. The summed E-state index contributed by atoms with van der Waals surface area (Å²) in [6.45, 7) is 1.57. The molecule has 1 heterocycles. The maximum absolute atomic E-state index is 13.8. The Kier molecular flexibility index (Phi) is 3.40. The van der Waals surface area contributed by atoms with Crippen molar-refractivity contribution in [1.82, 2.24) is 5.01 Å². The van der Waals surface area contributed by atoms with Crippen molar-refractivity contribution in [3.05, 3.63) is 29.1 Å². The number of halogens is 3. The molecule has 1 aliphatic heterocycles. The molecule has 0 saturated carbocycles. The molecule has 0 unspecified atom stereocenters. The minimum atomic E-state index is -3.99. The standard InChI is InChI=1S/C12H13F3N2O2/c1-3-19-11(18)12(14,15)8-4-7-6-17(2)16-10(7)5-9(8)13/h4-5,16H,3,6H2,1-2H3. The predicted octanol–water partition coefficient (Wildman–Crippen LogP) is 2.25. The van der Waals surface area contributed by atoms with Crippen LogP contribution >= 0.6 is 0 Å². The van der Waals surface area contributed by atoms with E-state index < -0.39 is 23.3 Å². The van der Waals surface area contributed by atoms with E-state index in [2.05, 4.69) is 10.2 Å². The summed E-state index contributed by atoms with van der Waals surface area (Å²) in [4.78, 5) is 11.2. The normalized spacial score (nSPS) is 15.0. The van der Waals surface area contributed by atoms with E-state index in [1.165, 1.54) is 6.92 Å². The van der Waals surface area contributed by atoms with Crippen molar-refractivity contribution >= 4 is 11.7 Å². The van der Waals surface area contributed by atoms with Crippen molar-refractivity contribution in [2.75, 3.05) is 19.1 Å². The van der Waals surface area contributed by atoms with Crippen molar-refractivity contribution in [2.45, 2.75) is 19.4 Å². The summed E-state index contributed by atoms with van der Waals surface area (Å²) in [7, 11) is 1.70. The fourth-order valence-electron chi connectivity index (χ4n) is 1.93. The van der Waals surface area contributed by atoms with Gasteiger partial charge in [0, 0.05) is 13.6 Å². The van der Waals surface area contributed by atoms with Crippen molar-refractivity contribution in [3.8, 4) is 0 Å². The zero-order valence-electron chi connectivity index (χ0n) is 10.5. The largest absolute Gasteiger partial charge is 0.461 e. The molecule has 0 aromatic heterocycles. The van der Waals surface area contributed by atoms with Crippen molar-refractivity contribution in [3.63, 3.8) is 0 Å². The summed E-state index contributed by atoms with van der Waals surface area (Å²) in [6.07, 6.45) is 0. The van der Waals surface area contributed by atoms with Crippen LogP contribution in [0.25, 0.3) is 0 Å². The van der Waals surface area contributed by atoms with E-state index in [9.17, 15) is 18.0 Å². The van der Waals surface area contributed by atoms with Gasteiger partial charge in [-0.2, -0.15) is 8.78 Å². The Morgan fingerprint density at radius 3 is 2.84 bits per heavy atom. The highest BCUT2D eigenvalue weighted by Gasteiger charge is 2.45. The molecule has 7 heteroatoms. The summed E-state index contributed by atoms with van der Waals surface area (Å²) in [5, 5.41) is 1.62. The van der Waals surface area contributed by atoms with Crippen LogP contribution in [0.2, 0.25) is 0 Å². The highest BCUT2D eigenvalue weighted by molar-refractivity contribution is 5.80. The maximum atomic E-state index is 13.8. The average Bonchev–Trinajstić information content (AvgIpc) is 2.67. The molecule has 1 aromatic rings. The number of esters is 1. The van der Waals surface area contributed by atoms with Crippen LogP contribution in [0.3, 0.4) is 0 Å². The molecule has 1 aliphatic rings. The maximum Gasteiger partial charge on any atom is 0.382 e. The molecular formula is C12H13F3N2O2. The topological polar surface area (TPSA) is 41.6 Å². The van der Waals surface area contributed by atoms with E-state index in [-0.39, 0.29) is 6.61 Å². The number of nitrogens with one attached hydrogen (secondary N) is 1. The predicted molar refractivity (Wildman–Crippen MR) is 62.0 cm³/mol. The second kappa shape index (κ2) is 4.73. The monoisotopic (exact) mass is 274 g/mol. The molecule has 0 amide bonds. The number of hydrogen-bond acceptors (Lipinski definition) is 4. The smallest absolute Gasteiger partial charge is 0.382 e. The Labute approximate surface area is 108 Å². The number of alkyl halides is 2. The van der Waals surface area contributed by atoms with E-state index in [0.29, 0.717) is 17.8 Å². The lowest BCUT2D eigenvalue weighted by molar-refractivity contribution is -0.173. The molecule has 0 radical (unpaired) electrons. The third-order valence-corrected chi connectivity index (χ3v) is 2.78. The van der Waals surface area contributed by atoms with Gasteiger partial charge in [-0.25, -0.2) is 14.2 Å². The van der Waals surface area contributed by atoms with Crippen LogP contribution in [0.15, 0.2) is 12.1 Å². The summed E-state index contributed by atoms with van der Waals surface area (Å²) >= 11 is 0. The summed E-state index contributed by atoms with van der Waals surface area (Å²) in [5.41, 5.74) is 2.77. The molecule has 0 bridgehead atoms. The van der Waals surface area contributed by atoms with Gasteiger partial charge in [0.15, 0.2) is 0 Å². The van der Waals surface area contributed by atoms with Gasteiger partial charge in [-0.1, -0.05) is 0 Å². The molecule has 4 nitrogen and oxygen atoms in total. The highest BCUT2D eigenvalue weighted by Crippen LogP contribution is 2.36. The Bertz CT molecular complexity index is 520. The molecular weight excluding hydrogens is 261 g/mol. The first-order chi connectivity index (χ1) is 8.86. The number of benzene rings is 1. The average molecular weight is 274 g/mol. The van der Waals surface area contributed by atoms with Crippen LogP contribution in [-0.4, -0.2) is 24.6 Å². The van der Waals surface area contributed by atoms with Crippen molar-refractivity contribution < 1.29 is 22.7 Å². The third-order valence-electron chi connectivity index (χ3n) is 2.78. The SMILES string of the molecule is CCOC(=O)C(F)(F)c1cc2c(cc1F)NN(C)C2. The zero-order chi connectivity index (χ0) is 14.2. The first kappa shape index (κ1) is 13.7. The molecule has 0 atom stereocenters. The highest BCUT2D eigenvalue weighted by atomic mass is 19.3. The molecule has 0 aliphatic carbocycles. The number of nitrogens with zero attached hydrogens (tertiary/aromatic N) is 1. The van der Waals surface area contributed by atoms with Crippen LogP contribution in [0.5, 0.6) is 0 Å². The molecule has 1 aromatic carbocycles. The quantitative estimate of drug-likeness (QED) is 0.858. The fraction of sp³-hybridized carbons (Fsp3) is 0.417. The zero-order valence-corrected chi connectivity index (χ0v) is 10.5. The number of carbonyl (C=O) groups excluding carboxylic acids is 1. The second-order valence-corrected chi connectivity index (χ2v) is 4.25. The van der Waals surface area contributed by atoms with E-state index in [0.717, 1.165) is 12.1 Å². The van der Waals surface area contributed by atoms with Gasteiger partial charge in [0.1, 0.15) is 5.82 Å². The van der Waals surface area contributed by atoms with Gasteiger partial charge in [-0.05, 0) is 24.6 Å². The van der Waals surface area contributed by atoms with E-state index in [4.69, 9.17) is 0 Å². The van der Waals surface area contributed by atoms with Gasteiger partial charge >= 0.3 is 11.9 Å². The van der Waals surface area contributed by atoms with Crippen LogP contribution < -0.4 is 5.43 Å². The minimum Gasteiger partial charge on any atom is -0.461 e. The van der Waals surface area contributed by atoms with Gasteiger partial charge in [-0.15, -0.1) is 0 Å². The van der Waals surface area contributed by atoms with Gasteiger partial charge in [0.05, 0.1) is 17.9 Å². The first-order valence-electron chi connectivity index (χ1n) is 5.72. The van der Waals surface area contributed by atoms with Crippen LogP contribution in [0.4, 0.5) is 18.9 Å². The summed E-state index contributed by atoms with van der Waals surface area (Å²) in [6, 6.07) is 1.96. The minimum absolute atomic E-state index is 0.189. The number of ether oxygens (including phenoxy) is 1. The Hall–Kier alpha value is -1.76. The summed E-state index contributed by atoms with van der Waals surface area (Å²) < 4.78 is 45.6. The fourth-order valence-corrected chi connectivity index (χ4v) is 1.93. The number of hydrogen-bond donors (Lipinski definition) is 1. The molecule has 104 valence electrons. The lowest BCUT2D eigenvalue weighted by Crippen LogP contribution is -2.29. The number of rotatable bonds is 3. The number of fused-ring (bicyclic) bond motifs is 1. The number of hydrazine groups is 1. The molecule has 2 rings (SSSR count). The number of anilines is 1. The van der Waals surface area contributed by atoms with Crippen LogP contribution in [-0.2, 0) is 22.0 Å². The van der Waals surface area contributed by atoms with Crippen LogP contribution in [0, 0.1) is 5.82 Å². The lowest BCUT2D eigenvalue weighted by atomic mass is 10.0. The lowest BCUT2D eigenvalue weighted by Gasteiger charge is -2.16. The molecule has 19 heavy (non-hydrogen) atoms. The van der Waals surface area contributed by atoms with E-state index in [1.54, 1.807) is 12.1 Å². The van der Waals surface area contributed by atoms with Gasteiger partial charge in [-0.3, -0.25) is 0 Å². The Balaban J connectivity index is 2.41. The second-order valence-electron chi connectivity index (χ2n) is 4.25. The van der Waals surface area contributed by atoms with Crippen molar-refractivity contribution in [1.29, 1.82) is 0 Å². The van der Waals surface area contributed by atoms with E-state index >= 15 is 0 Å². The molecule has 0 saturated heterocycles. The van der Waals surface area contributed by atoms with E-state index in [1.807, 2.05) is 0 Å². The van der Waals surface area contributed by atoms with Crippen LogP contribution in [0.1, 0.15) is 18.1 Å². The van der Waals surface area contributed by atoms with Crippen molar-refractivity contribution in [2.24, 2.45) is 0 Å². The molecule has 0 fully saturated rings. The van der Waals surface area contributed by atoms with Gasteiger partial charge in [0.2, 0.25) is 0 Å². The number of carbonyl (C=O) groups is 1. The summed E-state index contributed by atoms with van der Waals surface area (Å²) in [5.74, 6) is -6.87. The Morgan fingerprint density at radius 1 is 1.53 bits per heavy atom. The first-order valence-corrected chi connectivity index (χ1v) is 5.72. The Morgan fingerprint density at radius 2 is 2.21 bits per heavy atom.